The number of allylic oxidation sites excluding steroid dienone is 2. The third-order valence-electron chi connectivity index (χ3n) is 1.43. The van der Waals surface area contributed by atoms with Gasteiger partial charge < -0.3 is 10.1 Å². The van der Waals surface area contributed by atoms with Gasteiger partial charge in [-0.05, 0) is 12.2 Å². The highest BCUT2D eigenvalue weighted by Gasteiger charge is 2.35. The van der Waals surface area contributed by atoms with E-state index in [-0.39, 0.29) is 0 Å². The topological polar surface area (TPSA) is 45.0 Å². The molecule has 0 radical (unpaired) electrons. The minimum absolute atomic E-state index is 0.634. The summed E-state index contributed by atoms with van der Waals surface area (Å²) in [4.78, 5) is 0. The molecule has 0 spiro atoms. The van der Waals surface area contributed by atoms with Gasteiger partial charge in [0.2, 0.25) is 0 Å². The van der Waals surface area contributed by atoms with Crippen molar-refractivity contribution in [1.82, 2.24) is 5.32 Å². The lowest BCUT2D eigenvalue weighted by molar-refractivity contribution is 0.0328. The summed E-state index contributed by atoms with van der Waals surface area (Å²) in [6.07, 6.45) is 4.10. The molecule has 0 saturated heterocycles. The Kier molecular flexibility index (Phi) is 1.92. The second-order valence-corrected chi connectivity index (χ2v) is 2.02. The zero-order chi connectivity index (χ0) is 8.32. The van der Waals surface area contributed by atoms with Gasteiger partial charge in [0.15, 0.2) is 5.83 Å². The lowest BCUT2D eigenvalue weighted by Crippen LogP contribution is -2.44. The fraction of sp³-hybridized carbons (Fsp3) is 0.286. The smallest absolute Gasteiger partial charge is 0.281 e. The molecule has 1 unspecified atom stereocenters. The summed E-state index contributed by atoms with van der Waals surface area (Å²) >= 11 is 0. The quantitative estimate of drug-likeness (QED) is 0.608. The van der Waals surface area contributed by atoms with Crippen molar-refractivity contribution in [3.05, 3.63) is 24.2 Å². The average molecular weight is 154 g/mol. The number of hydrogen-bond acceptors (Lipinski definition) is 3. The van der Waals surface area contributed by atoms with Gasteiger partial charge in [-0.2, -0.15) is 5.26 Å². The van der Waals surface area contributed by atoms with Crippen LogP contribution in [0.2, 0.25) is 0 Å². The molecule has 0 aromatic rings. The molecule has 0 bridgehead atoms. The van der Waals surface area contributed by atoms with Crippen molar-refractivity contribution >= 4 is 0 Å². The number of nitrogens with one attached hydrogen (secondary N) is 1. The lowest BCUT2D eigenvalue weighted by Gasteiger charge is -2.24. The summed E-state index contributed by atoms with van der Waals surface area (Å²) < 4.78 is 17.6. The van der Waals surface area contributed by atoms with Gasteiger partial charge in [-0.1, -0.05) is 0 Å². The Morgan fingerprint density at radius 3 is 2.91 bits per heavy atom. The van der Waals surface area contributed by atoms with Crippen molar-refractivity contribution in [3.8, 4) is 6.07 Å². The number of hydrogen-bond donors (Lipinski definition) is 1. The second-order valence-electron chi connectivity index (χ2n) is 2.02. The Labute approximate surface area is 63.8 Å². The van der Waals surface area contributed by atoms with Crippen molar-refractivity contribution in [2.75, 3.05) is 7.11 Å². The summed E-state index contributed by atoms with van der Waals surface area (Å²) in [5.74, 6) is -0.634. The molecular formula is C7H7FN2O. The number of nitriles is 1. The van der Waals surface area contributed by atoms with Gasteiger partial charge in [0.05, 0.1) is 0 Å². The Hall–Kier alpha value is -1.34. The molecule has 0 saturated carbocycles. The SMILES string of the molecule is COC1(C#N)NC=CC=C1F. The van der Waals surface area contributed by atoms with E-state index in [1.807, 2.05) is 0 Å². The van der Waals surface area contributed by atoms with E-state index in [2.05, 4.69) is 10.1 Å². The van der Waals surface area contributed by atoms with E-state index in [1.54, 1.807) is 6.07 Å². The van der Waals surface area contributed by atoms with Crippen LogP contribution in [0.25, 0.3) is 0 Å². The minimum atomic E-state index is -1.62. The maximum atomic E-state index is 12.9. The normalized spacial score (nSPS) is 28.6. The number of halogens is 1. The van der Waals surface area contributed by atoms with Gasteiger partial charge >= 0.3 is 0 Å². The first-order valence-corrected chi connectivity index (χ1v) is 3.02. The van der Waals surface area contributed by atoms with Crippen molar-refractivity contribution in [1.29, 1.82) is 5.26 Å². The van der Waals surface area contributed by atoms with Gasteiger partial charge in [-0.15, -0.1) is 0 Å². The molecule has 0 aliphatic carbocycles. The first-order chi connectivity index (χ1) is 5.25. The maximum absolute atomic E-state index is 12.9. The molecule has 58 valence electrons. The molecule has 4 heteroatoms. The minimum Gasteiger partial charge on any atom is -0.346 e. The highest BCUT2D eigenvalue weighted by molar-refractivity contribution is 5.28. The molecule has 1 atom stereocenters. The van der Waals surface area contributed by atoms with E-state index >= 15 is 0 Å². The molecule has 1 heterocycles. The van der Waals surface area contributed by atoms with Gasteiger partial charge in [0.1, 0.15) is 6.07 Å². The van der Waals surface area contributed by atoms with Crippen molar-refractivity contribution in [2.45, 2.75) is 5.72 Å². The van der Waals surface area contributed by atoms with E-state index in [4.69, 9.17) is 5.26 Å². The van der Waals surface area contributed by atoms with Crippen LogP contribution in [0.5, 0.6) is 0 Å². The molecule has 0 aromatic carbocycles. The summed E-state index contributed by atoms with van der Waals surface area (Å²) in [6.45, 7) is 0. The first kappa shape index (κ1) is 7.76. The van der Waals surface area contributed by atoms with Crippen LogP contribution < -0.4 is 5.32 Å². The lowest BCUT2D eigenvalue weighted by atomic mass is 10.1. The third kappa shape index (κ3) is 1.10. The summed E-state index contributed by atoms with van der Waals surface area (Å²) in [5.41, 5.74) is -1.62. The van der Waals surface area contributed by atoms with Gasteiger partial charge in [-0.25, -0.2) is 4.39 Å². The van der Waals surface area contributed by atoms with Crippen molar-refractivity contribution < 1.29 is 9.13 Å². The van der Waals surface area contributed by atoms with E-state index in [0.717, 1.165) is 0 Å². The van der Waals surface area contributed by atoms with E-state index in [9.17, 15) is 4.39 Å². The van der Waals surface area contributed by atoms with E-state index < -0.39 is 11.6 Å². The average Bonchev–Trinajstić information content (AvgIpc) is 2.06. The fourth-order valence-electron chi connectivity index (χ4n) is 0.772. The number of rotatable bonds is 1. The van der Waals surface area contributed by atoms with Crippen LogP contribution in [0.4, 0.5) is 4.39 Å². The monoisotopic (exact) mass is 154 g/mol. The molecule has 0 amide bonds. The second kappa shape index (κ2) is 2.72. The standard InChI is InChI=1S/C7H7FN2O/c1-11-7(5-9)6(8)3-2-4-10-7/h2-4,10H,1H3. The zero-order valence-electron chi connectivity index (χ0n) is 5.97. The zero-order valence-corrected chi connectivity index (χ0v) is 5.97. The number of methoxy groups -OCH3 is 1. The van der Waals surface area contributed by atoms with Crippen LogP contribution in [-0.4, -0.2) is 12.8 Å². The fourth-order valence-corrected chi connectivity index (χ4v) is 0.772. The maximum Gasteiger partial charge on any atom is 0.281 e. The Balaban J connectivity index is 2.97. The van der Waals surface area contributed by atoms with Crippen LogP contribution in [0.1, 0.15) is 0 Å². The van der Waals surface area contributed by atoms with Crippen LogP contribution in [0.15, 0.2) is 24.2 Å². The van der Waals surface area contributed by atoms with Crippen molar-refractivity contribution in [2.24, 2.45) is 0 Å². The molecule has 1 rings (SSSR count). The molecular weight excluding hydrogens is 147 g/mol. The van der Waals surface area contributed by atoms with Crippen molar-refractivity contribution in [3.63, 3.8) is 0 Å². The van der Waals surface area contributed by atoms with E-state index in [0.29, 0.717) is 0 Å². The van der Waals surface area contributed by atoms with Crippen LogP contribution in [-0.2, 0) is 4.74 Å². The Morgan fingerprint density at radius 2 is 2.55 bits per heavy atom. The summed E-state index contributed by atoms with van der Waals surface area (Å²) in [5, 5.41) is 11.0. The molecule has 0 aromatic heterocycles. The van der Waals surface area contributed by atoms with Gasteiger partial charge in [-0.3, -0.25) is 0 Å². The predicted octanol–water partition coefficient (Wildman–Crippen LogP) is 0.823. The summed E-state index contributed by atoms with van der Waals surface area (Å²) in [6, 6.07) is 1.69. The number of nitrogens with zero attached hydrogens (tertiary/aromatic N) is 1. The van der Waals surface area contributed by atoms with E-state index in [1.165, 1.54) is 25.5 Å². The number of ether oxygens (including phenoxy) is 1. The first-order valence-electron chi connectivity index (χ1n) is 3.02. The third-order valence-corrected chi connectivity index (χ3v) is 1.43. The molecule has 0 fully saturated rings. The Morgan fingerprint density at radius 1 is 1.82 bits per heavy atom. The van der Waals surface area contributed by atoms with Crippen LogP contribution in [0.3, 0.4) is 0 Å². The largest absolute Gasteiger partial charge is 0.346 e. The van der Waals surface area contributed by atoms with Gasteiger partial charge in [0, 0.05) is 13.3 Å². The highest BCUT2D eigenvalue weighted by Crippen LogP contribution is 2.20. The highest BCUT2D eigenvalue weighted by atomic mass is 19.1. The van der Waals surface area contributed by atoms with Gasteiger partial charge in [0.25, 0.3) is 5.72 Å². The Bertz CT molecular complexity index is 254. The van der Waals surface area contributed by atoms with Crippen LogP contribution in [0, 0.1) is 11.3 Å². The molecule has 3 nitrogen and oxygen atoms in total. The molecule has 1 N–H and O–H groups in total. The summed E-state index contributed by atoms with van der Waals surface area (Å²) in [7, 11) is 1.27. The molecule has 1 aliphatic rings. The van der Waals surface area contributed by atoms with Crippen LogP contribution >= 0.6 is 0 Å². The number of dihydropyridines is 1. The predicted molar refractivity (Wildman–Crippen MR) is 36.8 cm³/mol. The molecule has 11 heavy (non-hydrogen) atoms. The molecule has 1 aliphatic heterocycles.